The first-order chi connectivity index (χ1) is 8.97. The number of hydrogen-bond donors (Lipinski definition) is 2. The van der Waals surface area contributed by atoms with Crippen LogP contribution in [0.1, 0.15) is 15.9 Å². The molecule has 0 atom stereocenters. The van der Waals surface area contributed by atoms with E-state index in [1.54, 1.807) is 13.0 Å². The Kier molecular flexibility index (Phi) is 3.41. The highest BCUT2D eigenvalue weighted by Crippen LogP contribution is 2.20. The molecule has 2 aromatic rings. The number of aromatic nitrogens is 1. The molecule has 0 spiro atoms. The van der Waals surface area contributed by atoms with E-state index in [1.807, 2.05) is 0 Å². The van der Waals surface area contributed by atoms with Crippen LogP contribution in [0.15, 0.2) is 30.3 Å². The van der Waals surface area contributed by atoms with Crippen LogP contribution in [0, 0.1) is 18.8 Å². The quantitative estimate of drug-likeness (QED) is 0.819. The van der Waals surface area contributed by atoms with Crippen molar-refractivity contribution in [2.24, 2.45) is 0 Å². The van der Waals surface area contributed by atoms with Gasteiger partial charge in [-0.1, -0.05) is 6.07 Å². The Morgan fingerprint density at radius 2 is 2.00 bits per heavy atom. The third-order valence-electron chi connectivity index (χ3n) is 2.46. The van der Waals surface area contributed by atoms with Crippen molar-refractivity contribution in [3.05, 3.63) is 53.4 Å². The molecule has 98 valence electrons. The minimum atomic E-state index is -1.13. The largest absolute Gasteiger partial charge is 0.507 e. The zero-order valence-corrected chi connectivity index (χ0v) is 9.95. The number of aromatic hydroxyl groups is 1. The summed E-state index contributed by atoms with van der Waals surface area (Å²) in [5, 5.41) is 11.8. The topological polar surface area (TPSA) is 62.2 Å². The molecular weight excluding hydrogens is 254 g/mol. The molecule has 1 amide bonds. The molecule has 0 radical (unpaired) electrons. The van der Waals surface area contributed by atoms with Crippen LogP contribution >= 0.6 is 0 Å². The number of aryl methyl sites for hydroxylation is 1. The lowest BCUT2D eigenvalue weighted by Gasteiger charge is -2.07. The molecule has 0 saturated carbocycles. The summed E-state index contributed by atoms with van der Waals surface area (Å²) in [6.45, 7) is 1.75. The minimum Gasteiger partial charge on any atom is -0.507 e. The standard InChI is InChI=1S/C13H10F2N2O2/c1-7-2-3-8(10(18)6-7)13(19)16-9-4-5-11(14)17-12(9)15/h2-6,18H,1H3,(H,16,19). The molecule has 2 N–H and O–H groups in total. The molecule has 1 heterocycles. The van der Waals surface area contributed by atoms with Crippen LogP contribution in [0.25, 0.3) is 0 Å². The van der Waals surface area contributed by atoms with Gasteiger partial charge in [0.05, 0.1) is 11.3 Å². The molecule has 2 rings (SSSR count). The molecule has 0 saturated heterocycles. The van der Waals surface area contributed by atoms with E-state index in [9.17, 15) is 18.7 Å². The molecule has 4 nitrogen and oxygen atoms in total. The fraction of sp³-hybridized carbons (Fsp3) is 0.0769. The molecule has 0 unspecified atom stereocenters. The van der Waals surface area contributed by atoms with Gasteiger partial charge >= 0.3 is 0 Å². The van der Waals surface area contributed by atoms with E-state index >= 15 is 0 Å². The van der Waals surface area contributed by atoms with Crippen LogP contribution in [0.3, 0.4) is 0 Å². The highest BCUT2D eigenvalue weighted by atomic mass is 19.1. The zero-order chi connectivity index (χ0) is 14.0. The van der Waals surface area contributed by atoms with Gasteiger partial charge in [-0.3, -0.25) is 4.79 Å². The van der Waals surface area contributed by atoms with Gasteiger partial charge in [-0.05, 0) is 36.8 Å². The summed E-state index contributed by atoms with van der Waals surface area (Å²) >= 11 is 0. The first-order valence-corrected chi connectivity index (χ1v) is 5.40. The molecule has 6 heteroatoms. The van der Waals surface area contributed by atoms with Crippen LogP contribution in [-0.2, 0) is 0 Å². The number of anilines is 1. The number of phenolic OH excluding ortho intramolecular Hbond substituents is 1. The maximum Gasteiger partial charge on any atom is 0.259 e. The van der Waals surface area contributed by atoms with Crippen molar-refractivity contribution in [2.45, 2.75) is 6.92 Å². The monoisotopic (exact) mass is 264 g/mol. The lowest BCUT2D eigenvalue weighted by atomic mass is 10.1. The van der Waals surface area contributed by atoms with Crippen molar-refractivity contribution >= 4 is 11.6 Å². The third-order valence-corrected chi connectivity index (χ3v) is 2.46. The summed E-state index contributed by atoms with van der Waals surface area (Å²) in [6.07, 6.45) is 0. The second-order valence-corrected chi connectivity index (χ2v) is 3.95. The number of hydrogen-bond acceptors (Lipinski definition) is 3. The van der Waals surface area contributed by atoms with E-state index in [4.69, 9.17) is 0 Å². The van der Waals surface area contributed by atoms with E-state index in [0.29, 0.717) is 0 Å². The van der Waals surface area contributed by atoms with E-state index in [2.05, 4.69) is 10.3 Å². The Balaban J connectivity index is 2.25. The van der Waals surface area contributed by atoms with Crippen molar-refractivity contribution in [1.29, 1.82) is 0 Å². The molecule has 1 aromatic heterocycles. The maximum absolute atomic E-state index is 13.3. The summed E-state index contributed by atoms with van der Waals surface area (Å²) in [4.78, 5) is 14.8. The Morgan fingerprint density at radius 3 is 2.63 bits per heavy atom. The van der Waals surface area contributed by atoms with Crippen LogP contribution < -0.4 is 5.32 Å². The maximum atomic E-state index is 13.3. The van der Waals surface area contributed by atoms with Crippen LogP contribution in [0.5, 0.6) is 5.75 Å². The first kappa shape index (κ1) is 12.9. The van der Waals surface area contributed by atoms with E-state index in [-0.39, 0.29) is 17.0 Å². The number of carbonyl (C=O) groups is 1. The fourth-order valence-corrected chi connectivity index (χ4v) is 1.53. The smallest absolute Gasteiger partial charge is 0.259 e. The van der Waals surface area contributed by atoms with Crippen molar-refractivity contribution in [1.82, 2.24) is 4.98 Å². The van der Waals surface area contributed by atoms with Crippen molar-refractivity contribution < 1.29 is 18.7 Å². The van der Waals surface area contributed by atoms with Gasteiger partial charge in [0.2, 0.25) is 11.9 Å². The SMILES string of the molecule is Cc1ccc(C(=O)Nc2ccc(F)nc2F)c(O)c1. The van der Waals surface area contributed by atoms with E-state index < -0.39 is 17.8 Å². The van der Waals surface area contributed by atoms with E-state index in [1.165, 1.54) is 12.1 Å². The van der Waals surface area contributed by atoms with Gasteiger partial charge in [-0.15, -0.1) is 0 Å². The summed E-state index contributed by atoms with van der Waals surface area (Å²) in [5.74, 6) is -3.02. The number of benzene rings is 1. The Morgan fingerprint density at radius 1 is 1.26 bits per heavy atom. The highest BCUT2D eigenvalue weighted by Gasteiger charge is 2.14. The molecule has 1 aromatic carbocycles. The predicted molar refractivity (Wildman–Crippen MR) is 65.0 cm³/mol. The highest BCUT2D eigenvalue weighted by molar-refractivity contribution is 6.06. The van der Waals surface area contributed by atoms with Gasteiger partial charge < -0.3 is 10.4 Å². The van der Waals surface area contributed by atoms with Gasteiger partial charge in [-0.2, -0.15) is 13.8 Å². The second kappa shape index (κ2) is 5.01. The van der Waals surface area contributed by atoms with Gasteiger partial charge in [0.15, 0.2) is 0 Å². The number of rotatable bonds is 2. The lowest BCUT2D eigenvalue weighted by molar-refractivity contribution is 0.102. The summed E-state index contributed by atoms with van der Waals surface area (Å²) < 4.78 is 25.9. The van der Waals surface area contributed by atoms with Crippen LogP contribution in [0.4, 0.5) is 14.5 Å². The number of amides is 1. The molecule has 0 bridgehead atoms. The van der Waals surface area contributed by atoms with E-state index in [0.717, 1.165) is 17.7 Å². The summed E-state index contributed by atoms with van der Waals surface area (Å²) in [6, 6.07) is 6.44. The normalized spacial score (nSPS) is 10.3. The third kappa shape index (κ3) is 2.85. The minimum absolute atomic E-state index is 0.00525. The second-order valence-electron chi connectivity index (χ2n) is 3.95. The molecule has 19 heavy (non-hydrogen) atoms. The fourth-order valence-electron chi connectivity index (χ4n) is 1.53. The van der Waals surface area contributed by atoms with Gasteiger partial charge in [0.25, 0.3) is 5.91 Å². The first-order valence-electron chi connectivity index (χ1n) is 5.40. The molecule has 0 fully saturated rings. The Bertz CT molecular complexity index is 645. The molecule has 0 aliphatic heterocycles. The number of nitrogens with one attached hydrogen (secondary N) is 1. The van der Waals surface area contributed by atoms with Crippen LogP contribution in [-0.4, -0.2) is 16.0 Å². The van der Waals surface area contributed by atoms with Crippen LogP contribution in [0.2, 0.25) is 0 Å². The predicted octanol–water partition coefficient (Wildman–Crippen LogP) is 2.63. The average Bonchev–Trinajstić information content (AvgIpc) is 2.32. The number of carbonyl (C=O) groups excluding carboxylic acids is 1. The molecule has 0 aliphatic carbocycles. The Hall–Kier alpha value is -2.50. The van der Waals surface area contributed by atoms with Crippen molar-refractivity contribution in [2.75, 3.05) is 5.32 Å². The number of pyridine rings is 1. The molecule has 0 aliphatic rings. The Labute approximate surface area is 107 Å². The number of nitrogens with zero attached hydrogens (tertiary/aromatic N) is 1. The van der Waals surface area contributed by atoms with Gasteiger partial charge in [0.1, 0.15) is 5.75 Å². The van der Waals surface area contributed by atoms with Crippen molar-refractivity contribution in [3.63, 3.8) is 0 Å². The number of halogens is 2. The van der Waals surface area contributed by atoms with Crippen molar-refractivity contribution in [3.8, 4) is 5.75 Å². The van der Waals surface area contributed by atoms with Gasteiger partial charge in [0, 0.05) is 0 Å². The number of phenols is 1. The molecular formula is C13H10F2N2O2. The summed E-state index contributed by atoms with van der Waals surface area (Å²) in [7, 11) is 0. The lowest BCUT2D eigenvalue weighted by Crippen LogP contribution is -2.14. The summed E-state index contributed by atoms with van der Waals surface area (Å²) in [5.41, 5.74) is 0.518. The zero-order valence-electron chi connectivity index (χ0n) is 9.95. The average molecular weight is 264 g/mol. The van der Waals surface area contributed by atoms with Gasteiger partial charge in [-0.25, -0.2) is 0 Å².